The summed E-state index contributed by atoms with van der Waals surface area (Å²) in [6, 6.07) is 11.0. The summed E-state index contributed by atoms with van der Waals surface area (Å²) >= 11 is 0. The van der Waals surface area contributed by atoms with E-state index < -0.39 is 6.09 Å². The van der Waals surface area contributed by atoms with Gasteiger partial charge in [0.15, 0.2) is 0 Å². The van der Waals surface area contributed by atoms with Crippen LogP contribution in [0.3, 0.4) is 0 Å². The molecule has 0 bridgehead atoms. The molecule has 2 N–H and O–H groups in total. The van der Waals surface area contributed by atoms with E-state index in [1.165, 1.54) is 7.11 Å². The number of carbonyl (C=O) groups is 1. The van der Waals surface area contributed by atoms with Crippen LogP contribution in [0.4, 0.5) is 4.79 Å². The van der Waals surface area contributed by atoms with Crippen LogP contribution in [-0.4, -0.2) is 18.3 Å². The second-order valence-electron chi connectivity index (χ2n) is 4.32. The molecule has 0 heterocycles. The monoisotopic (exact) mass is 259 g/mol. The summed E-state index contributed by atoms with van der Waals surface area (Å²) in [6.45, 7) is 1.95. The maximum atomic E-state index is 11.4. The molecule has 2 aromatic rings. The van der Waals surface area contributed by atoms with Gasteiger partial charge < -0.3 is 15.2 Å². The van der Waals surface area contributed by atoms with E-state index in [-0.39, 0.29) is 11.8 Å². The van der Waals surface area contributed by atoms with Crippen LogP contribution in [0.2, 0.25) is 0 Å². The molecule has 0 aromatic heterocycles. The van der Waals surface area contributed by atoms with Gasteiger partial charge in [-0.2, -0.15) is 0 Å². The molecule has 19 heavy (non-hydrogen) atoms. The van der Waals surface area contributed by atoms with Crippen LogP contribution in [0.25, 0.3) is 10.8 Å². The van der Waals surface area contributed by atoms with Gasteiger partial charge in [-0.15, -0.1) is 0 Å². The van der Waals surface area contributed by atoms with Crippen molar-refractivity contribution in [1.82, 2.24) is 5.32 Å². The molecule has 4 heteroatoms. The molecule has 4 nitrogen and oxygen atoms in total. The minimum Gasteiger partial charge on any atom is -0.508 e. The first-order chi connectivity index (χ1) is 9.17. The lowest BCUT2D eigenvalue weighted by atomic mass is 9.96. The van der Waals surface area contributed by atoms with Crippen LogP contribution < -0.4 is 5.32 Å². The molecule has 2 rings (SSSR count). The van der Waals surface area contributed by atoms with Crippen LogP contribution in [0.5, 0.6) is 5.75 Å². The number of aromatic hydroxyl groups is 1. The molecule has 0 saturated carbocycles. The number of phenolic OH excluding ortho intramolecular Hbond substituents is 1. The average Bonchev–Trinajstić information content (AvgIpc) is 2.45. The Balaban J connectivity index is 2.52. The Labute approximate surface area is 112 Å². The van der Waals surface area contributed by atoms with Crippen molar-refractivity contribution in [2.45, 2.75) is 19.4 Å². The Hall–Kier alpha value is -2.23. The van der Waals surface area contributed by atoms with E-state index in [0.717, 1.165) is 16.3 Å². The molecule has 100 valence electrons. The number of hydrogen-bond donors (Lipinski definition) is 2. The van der Waals surface area contributed by atoms with Crippen molar-refractivity contribution < 1.29 is 14.6 Å². The Kier molecular flexibility index (Phi) is 3.90. The third kappa shape index (κ3) is 2.62. The molecule has 0 fully saturated rings. The summed E-state index contributed by atoms with van der Waals surface area (Å²) < 4.78 is 4.62. The minimum atomic E-state index is -0.501. The van der Waals surface area contributed by atoms with E-state index >= 15 is 0 Å². The van der Waals surface area contributed by atoms with Crippen molar-refractivity contribution in [3.05, 3.63) is 42.0 Å². The maximum Gasteiger partial charge on any atom is 0.407 e. The van der Waals surface area contributed by atoms with Gasteiger partial charge in [0, 0.05) is 5.56 Å². The molecular weight excluding hydrogens is 242 g/mol. The number of phenols is 1. The van der Waals surface area contributed by atoms with Crippen molar-refractivity contribution in [3.8, 4) is 5.75 Å². The van der Waals surface area contributed by atoms with E-state index in [0.29, 0.717) is 6.42 Å². The Morgan fingerprint density at radius 3 is 2.74 bits per heavy atom. The number of hydrogen-bond acceptors (Lipinski definition) is 3. The van der Waals surface area contributed by atoms with E-state index in [1.54, 1.807) is 6.07 Å². The third-order valence-electron chi connectivity index (χ3n) is 3.18. The number of ether oxygens (including phenoxy) is 1. The SMILES string of the molecule is CC[C@H](NC(=O)OC)c1c(O)ccc2ccccc12. The van der Waals surface area contributed by atoms with Crippen molar-refractivity contribution in [2.75, 3.05) is 7.11 Å². The van der Waals surface area contributed by atoms with Gasteiger partial charge in [0.05, 0.1) is 13.2 Å². The van der Waals surface area contributed by atoms with Gasteiger partial charge in [0.1, 0.15) is 5.75 Å². The number of methoxy groups -OCH3 is 1. The van der Waals surface area contributed by atoms with E-state index in [4.69, 9.17) is 0 Å². The molecule has 1 amide bonds. The van der Waals surface area contributed by atoms with Gasteiger partial charge in [0.2, 0.25) is 0 Å². The normalized spacial score (nSPS) is 12.1. The minimum absolute atomic E-state index is 0.182. The Bertz CT molecular complexity index is 595. The van der Waals surface area contributed by atoms with Gasteiger partial charge >= 0.3 is 6.09 Å². The predicted octanol–water partition coefficient (Wildman–Crippen LogP) is 3.35. The lowest BCUT2D eigenvalue weighted by molar-refractivity contribution is 0.166. The molecule has 0 unspecified atom stereocenters. The van der Waals surface area contributed by atoms with Crippen LogP contribution in [0.1, 0.15) is 24.9 Å². The highest BCUT2D eigenvalue weighted by atomic mass is 16.5. The Morgan fingerprint density at radius 2 is 2.05 bits per heavy atom. The zero-order valence-corrected chi connectivity index (χ0v) is 11.0. The highest BCUT2D eigenvalue weighted by Gasteiger charge is 2.19. The highest BCUT2D eigenvalue weighted by Crippen LogP contribution is 2.33. The molecule has 0 aliphatic rings. The van der Waals surface area contributed by atoms with Gasteiger partial charge in [-0.25, -0.2) is 4.79 Å². The summed E-state index contributed by atoms with van der Waals surface area (Å²) in [4.78, 5) is 11.4. The molecule has 2 aromatic carbocycles. The molecule has 0 spiro atoms. The number of alkyl carbamates (subject to hydrolysis) is 1. The quantitative estimate of drug-likeness (QED) is 0.888. The van der Waals surface area contributed by atoms with Crippen molar-refractivity contribution >= 4 is 16.9 Å². The van der Waals surface area contributed by atoms with Gasteiger partial charge in [-0.1, -0.05) is 37.3 Å². The van der Waals surface area contributed by atoms with Crippen LogP contribution in [-0.2, 0) is 4.74 Å². The first-order valence-electron chi connectivity index (χ1n) is 6.22. The van der Waals surface area contributed by atoms with Gasteiger partial charge in [0.25, 0.3) is 0 Å². The zero-order chi connectivity index (χ0) is 13.8. The van der Waals surface area contributed by atoms with E-state index in [1.807, 2.05) is 37.3 Å². The lowest BCUT2D eigenvalue weighted by Gasteiger charge is -2.19. The second kappa shape index (κ2) is 5.61. The highest BCUT2D eigenvalue weighted by molar-refractivity contribution is 5.88. The number of nitrogens with one attached hydrogen (secondary N) is 1. The standard InChI is InChI=1S/C15H17NO3/c1-3-12(16-15(18)19-2)14-11-7-5-4-6-10(11)8-9-13(14)17/h4-9,12,17H,3H2,1-2H3,(H,16,18)/t12-/m0/s1. The average molecular weight is 259 g/mol. The topological polar surface area (TPSA) is 58.6 Å². The zero-order valence-electron chi connectivity index (χ0n) is 11.0. The molecule has 1 atom stereocenters. The van der Waals surface area contributed by atoms with Crippen LogP contribution in [0, 0.1) is 0 Å². The molecule has 0 radical (unpaired) electrons. The third-order valence-corrected chi connectivity index (χ3v) is 3.18. The predicted molar refractivity (Wildman–Crippen MR) is 74.2 cm³/mol. The molecule has 0 aliphatic carbocycles. The van der Waals surface area contributed by atoms with E-state index in [2.05, 4.69) is 10.1 Å². The smallest absolute Gasteiger partial charge is 0.407 e. The summed E-state index contributed by atoms with van der Waals surface area (Å²) in [5, 5.41) is 14.8. The van der Waals surface area contributed by atoms with Crippen LogP contribution >= 0.6 is 0 Å². The van der Waals surface area contributed by atoms with E-state index in [9.17, 15) is 9.90 Å². The summed E-state index contributed by atoms with van der Waals surface area (Å²) in [5.74, 6) is 0.182. The van der Waals surface area contributed by atoms with Crippen LogP contribution in [0.15, 0.2) is 36.4 Å². The summed E-state index contributed by atoms with van der Waals surface area (Å²) in [5.41, 5.74) is 0.728. The largest absolute Gasteiger partial charge is 0.508 e. The molecule has 0 aliphatic heterocycles. The fraction of sp³-hybridized carbons (Fsp3) is 0.267. The molecule has 0 saturated heterocycles. The van der Waals surface area contributed by atoms with Crippen molar-refractivity contribution in [3.63, 3.8) is 0 Å². The van der Waals surface area contributed by atoms with Gasteiger partial charge in [-0.3, -0.25) is 0 Å². The fourth-order valence-corrected chi connectivity index (χ4v) is 2.23. The number of carbonyl (C=O) groups excluding carboxylic acids is 1. The maximum absolute atomic E-state index is 11.4. The number of amides is 1. The molecular formula is C15H17NO3. The second-order valence-corrected chi connectivity index (χ2v) is 4.32. The fourth-order valence-electron chi connectivity index (χ4n) is 2.23. The number of rotatable bonds is 3. The Morgan fingerprint density at radius 1 is 1.32 bits per heavy atom. The lowest BCUT2D eigenvalue weighted by Crippen LogP contribution is -2.28. The van der Waals surface area contributed by atoms with Crippen molar-refractivity contribution in [1.29, 1.82) is 0 Å². The first-order valence-corrected chi connectivity index (χ1v) is 6.22. The first kappa shape index (κ1) is 13.2. The number of benzene rings is 2. The van der Waals surface area contributed by atoms with Gasteiger partial charge in [-0.05, 0) is 23.3 Å². The van der Waals surface area contributed by atoms with Crippen molar-refractivity contribution in [2.24, 2.45) is 0 Å². The number of fused-ring (bicyclic) bond motifs is 1. The summed E-state index contributed by atoms with van der Waals surface area (Å²) in [7, 11) is 1.32. The summed E-state index contributed by atoms with van der Waals surface area (Å²) in [6.07, 6.45) is 0.163.